The summed E-state index contributed by atoms with van der Waals surface area (Å²) in [7, 11) is 1.78. The second kappa shape index (κ2) is 15.4. The number of nitrogens with two attached hydrogens (primary N) is 1. The van der Waals surface area contributed by atoms with Gasteiger partial charge in [0.25, 0.3) is 0 Å². The van der Waals surface area contributed by atoms with Gasteiger partial charge in [-0.1, -0.05) is 33.3 Å². The topological polar surface area (TPSA) is 103 Å². The smallest absolute Gasteiger partial charge is 0.228 e. The summed E-state index contributed by atoms with van der Waals surface area (Å²) < 4.78 is 17.7. The predicted molar refractivity (Wildman–Crippen MR) is 155 cm³/mol. The Hall–Kier alpha value is -3.81. The molecule has 0 aliphatic carbocycles. The van der Waals surface area contributed by atoms with E-state index in [9.17, 15) is 9.59 Å². The first kappa shape index (κ1) is 32.2. The number of rotatable bonds is 10. The van der Waals surface area contributed by atoms with E-state index in [4.69, 9.17) is 5.73 Å². The molecule has 0 saturated heterocycles. The van der Waals surface area contributed by atoms with Gasteiger partial charge in [0.05, 0.1) is 23.7 Å². The molecule has 3 N–H and O–H groups in total. The molecule has 0 aliphatic heterocycles. The molecule has 0 fully saturated rings. The van der Waals surface area contributed by atoms with Gasteiger partial charge in [-0.15, -0.1) is 0 Å². The van der Waals surface area contributed by atoms with Crippen LogP contribution in [0, 0.1) is 5.82 Å². The van der Waals surface area contributed by atoms with Crippen LogP contribution >= 0.6 is 0 Å². The van der Waals surface area contributed by atoms with Gasteiger partial charge in [0.2, 0.25) is 5.43 Å². The van der Waals surface area contributed by atoms with E-state index in [1.807, 2.05) is 47.6 Å². The van der Waals surface area contributed by atoms with Crippen molar-refractivity contribution < 1.29 is 9.18 Å². The fraction of sp³-hybridized carbons (Fsp3) is 0.400. The van der Waals surface area contributed by atoms with Crippen molar-refractivity contribution in [1.29, 1.82) is 0 Å². The molecule has 7 nitrogen and oxygen atoms in total. The van der Waals surface area contributed by atoms with Crippen molar-refractivity contribution in [2.45, 2.75) is 74.3 Å². The first-order valence-corrected chi connectivity index (χ1v) is 13.0. The van der Waals surface area contributed by atoms with Crippen LogP contribution in [0.3, 0.4) is 0 Å². The number of pyridine rings is 1. The standard InChI is InChI=1S/C28H36FN5O2.C2H6/c1-8-22(9-2)34-16-23(19(6)35)28(36)26(29)27(34)18(5)25(21-11-13-32-33-15-21)24(17(3)4)20(14-30)10-12-31-7;1-2/h10-16,22,31H,8-9,30H2,1-7H3;1-2H3/b12-10-,20-14+,25-18+;. The Kier molecular flexibility index (Phi) is 13.1. The van der Waals surface area contributed by atoms with Gasteiger partial charge in [-0.05, 0) is 81.2 Å². The third-order valence-electron chi connectivity index (χ3n) is 6.14. The van der Waals surface area contributed by atoms with Gasteiger partial charge in [-0.3, -0.25) is 9.59 Å². The van der Waals surface area contributed by atoms with Crippen LogP contribution in [-0.4, -0.2) is 27.6 Å². The lowest BCUT2D eigenvalue weighted by Crippen LogP contribution is -2.26. The minimum atomic E-state index is -0.955. The fourth-order valence-electron chi connectivity index (χ4n) is 4.36. The number of hydrogen-bond donors (Lipinski definition) is 2. The molecule has 0 atom stereocenters. The van der Waals surface area contributed by atoms with Gasteiger partial charge < -0.3 is 15.6 Å². The first-order chi connectivity index (χ1) is 18.1. The molecule has 0 spiro atoms. The predicted octanol–water partition coefficient (Wildman–Crippen LogP) is 6.21. The number of carbonyl (C=O) groups is 1. The maximum absolute atomic E-state index is 16.0. The van der Waals surface area contributed by atoms with E-state index in [0.717, 1.165) is 11.1 Å². The zero-order valence-electron chi connectivity index (χ0n) is 24.1. The lowest BCUT2D eigenvalue weighted by atomic mass is 9.85. The van der Waals surface area contributed by atoms with Crippen molar-refractivity contribution >= 4 is 16.9 Å². The molecule has 2 aromatic heterocycles. The zero-order chi connectivity index (χ0) is 29.0. The Morgan fingerprint density at radius 2 is 1.79 bits per heavy atom. The van der Waals surface area contributed by atoms with Crippen LogP contribution in [0.5, 0.6) is 0 Å². The van der Waals surface area contributed by atoms with E-state index in [1.165, 1.54) is 19.3 Å². The number of nitrogens with one attached hydrogen (secondary N) is 1. The molecule has 0 bridgehead atoms. The Bertz CT molecular complexity index is 1280. The molecule has 206 valence electrons. The fourth-order valence-corrected chi connectivity index (χ4v) is 4.36. The highest BCUT2D eigenvalue weighted by molar-refractivity contribution is 6.00. The van der Waals surface area contributed by atoms with E-state index in [-0.39, 0.29) is 17.3 Å². The Labute approximate surface area is 226 Å². The molecule has 2 heterocycles. The summed E-state index contributed by atoms with van der Waals surface area (Å²) in [5, 5.41) is 10.9. The summed E-state index contributed by atoms with van der Waals surface area (Å²) in [6.45, 7) is 14.9. The van der Waals surface area contributed by atoms with Gasteiger partial charge in [0.1, 0.15) is 0 Å². The van der Waals surface area contributed by atoms with Gasteiger partial charge in [0.15, 0.2) is 11.6 Å². The summed E-state index contributed by atoms with van der Waals surface area (Å²) in [4.78, 5) is 25.1. The zero-order valence-corrected chi connectivity index (χ0v) is 24.1. The second-order valence-electron chi connectivity index (χ2n) is 8.72. The largest absolute Gasteiger partial charge is 0.404 e. The number of nitrogens with zero attached hydrogens (tertiary/aromatic N) is 3. The average molecular weight is 524 g/mol. The van der Waals surface area contributed by atoms with Crippen molar-refractivity contribution in [3.05, 3.63) is 92.7 Å². The molecule has 0 aliphatic rings. The van der Waals surface area contributed by atoms with E-state index >= 15 is 4.39 Å². The third-order valence-corrected chi connectivity index (χ3v) is 6.14. The van der Waals surface area contributed by atoms with Crippen LogP contribution in [0.15, 0.2) is 64.6 Å². The number of Topliss-reactive ketones (excluding diaryl/α,β-unsaturated/α-hetero) is 1. The molecule has 0 unspecified atom stereocenters. The minimum absolute atomic E-state index is 0.121. The van der Waals surface area contributed by atoms with Gasteiger partial charge in [0, 0.05) is 31.0 Å². The van der Waals surface area contributed by atoms with E-state index in [0.29, 0.717) is 35.1 Å². The summed E-state index contributed by atoms with van der Waals surface area (Å²) in [6, 6.07) is 1.66. The highest BCUT2D eigenvalue weighted by Gasteiger charge is 2.26. The number of allylic oxidation sites excluding steroid dienone is 6. The Morgan fingerprint density at radius 1 is 1.16 bits per heavy atom. The lowest BCUT2D eigenvalue weighted by Gasteiger charge is -2.26. The molecule has 0 amide bonds. The highest BCUT2D eigenvalue weighted by atomic mass is 19.1. The van der Waals surface area contributed by atoms with Gasteiger partial charge in [-0.2, -0.15) is 10.2 Å². The number of hydrogen-bond acceptors (Lipinski definition) is 6. The summed E-state index contributed by atoms with van der Waals surface area (Å²) in [5.41, 5.74) is 9.38. The summed E-state index contributed by atoms with van der Waals surface area (Å²) in [5.74, 6) is -1.43. The Balaban J connectivity index is 0.00000352. The average Bonchev–Trinajstić information content (AvgIpc) is 2.92. The van der Waals surface area contributed by atoms with Crippen LogP contribution in [0.2, 0.25) is 0 Å². The SMILES string of the molecule is CC.CCC(CC)n1cc(C(C)=O)c(=O)c(F)c1/C(C)=C(/C(=C(C)C)C(/C=C\NC)=C/N)c1ccnnc1. The second-order valence-corrected chi connectivity index (χ2v) is 8.72. The number of ketones is 1. The van der Waals surface area contributed by atoms with Crippen LogP contribution in [0.4, 0.5) is 4.39 Å². The lowest BCUT2D eigenvalue weighted by molar-refractivity contribution is 0.101. The highest BCUT2D eigenvalue weighted by Crippen LogP contribution is 2.38. The van der Waals surface area contributed by atoms with Gasteiger partial charge in [-0.25, -0.2) is 4.39 Å². The Morgan fingerprint density at radius 3 is 2.24 bits per heavy atom. The molecule has 0 radical (unpaired) electrons. The molecule has 0 saturated carbocycles. The maximum atomic E-state index is 16.0. The normalized spacial score (nSPS) is 12.1. The molecule has 8 heteroatoms. The van der Waals surface area contributed by atoms with Crippen molar-refractivity contribution in [2.24, 2.45) is 5.73 Å². The van der Waals surface area contributed by atoms with E-state index in [2.05, 4.69) is 15.5 Å². The molecular weight excluding hydrogens is 481 g/mol. The summed E-state index contributed by atoms with van der Waals surface area (Å²) >= 11 is 0. The molecule has 2 aromatic rings. The van der Waals surface area contributed by atoms with Crippen LogP contribution in [0.25, 0.3) is 11.1 Å². The van der Waals surface area contributed by atoms with Crippen molar-refractivity contribution in [2.75, 3.05) is 7.05 Å². The summed E-state index contributed by atoms with van der Waals surface area (Å²) in [6.07, 6.45) is 11.1. The van der Waals surface area contributed by atoms with Crippen molar-refractivity contribution in [1.82, 2.24) is 20.1 Å². The van der Waals surface area contributed by atoms with Crippen molar-refractivity contribution in [3.8, 4) is 0 Å². The molecule has 38 heavy (non-hydrogen) atoms. The minimum Gasteiger partial charge on any atom is -0.404 e. The monoisotopic (exact) mass is 523 g/mol. The van der Waals surface area contributed by atoms with Crippen LogP contribution in [0.1, 0.15) is 95.9 Å². The quantitative estimate of drug-likeness (QED) is 0.283. The molecule has 0 aromatic carbocycles. The van der Waals surface area contributed by atoms with Crippen LogP contribution < -0.4 is 16.5 Å². The van der Waals surface area contributed by atoms with E-state index < -0.39 is 17.0 Å². The molecule has 2 rings (SSSR count). The van der Waals surface area contributed by atoms with Crippen molar-refractivity contribution in [3.63, 3.8) is 0 Å². The van der Waals surface area contributed by atoms with E-state index in [1.54, 1.807) is 43.2 Å². The third kappa shape index (κ3) is 7.15. The van der Waals surface area contributed by atoms with Gasteiger partial charge >= 0.3 is 0 Å². The number of carbonyl (C=O) groups excluding carboxylic acids is 1. The number of halogens is 1. The molecular formula is C30H42FN5O2. The maximum Gasteiger partial charge on any atom is 0.228 e. The van der Waals surface area contributed by atoms with Crippen LogP contribution in [-0.2, 0) is 0 Å². The first-order valence-electron chi connectivity index (χ1n) is 13.0. The number of aromatic nitrogens is 3.